The normalized spacial score (nSPS) is 13.6. The minimum absolute atomic E-state index is 0.103. The molecule has 1 aliphatic rings. The van der Waals surface area contributed by atoms with Gasteiger partial charge in [0.25, 0.3) is 0 Å². The zero-order valence-electron chi connectivity index (χ0n) is 13.0. The highest BCUT2D eigenvalue weighted by atomic mass is 16.7. The number of benzene rings is 2. The van der Waals surface area contributed by atoms with Crippen molar-refractivity contribution in [1.29, 1.82) is 0 Å². The highest BCUT2D eigenvalue weighted by Crippen LogP contribution is 2.32. The van der Waals surface area contributed by atoms with E-state index in [9.17, 15) is 4.79 Å². The van der Waals surface area contributed by atoms with Crippen molar-refractivity contribution in [3.05, 3.63) is 59.7 Å². The molecule has 1 unspecified atom stereocenters. The van der Waals surface area contributed by atoms with Gasteiger partial charge >= 0.3 is 5.97 Å². The average molecular weight is 313 g/mol. The number of carbonyl (C=O) groups excluding carboxylic acids is 1. The Balaban J connectivity index is 1.69. The van der Waals surface area contributed by atoms with Crippen molar-refractivity contribution in [1.82, 2.24) is 5.32 Å². The lowest BCUT2D eigenvalue weighted by molar-refractivity contribution is -0.141. The van der Waals surface area contributed by atoms with Gasteiger partial charge in [-0.15, -0.1) is 0 Å². The number of nitrogens with one attached hydrogen (secondary N) is 1. The van der Waals surface area contributed by atoms with Crippen LogP contribution in [0.25, 0.3) is 0 Å². The molecule has 0 spiro atoms. The van der Waals surface area contributed by atoms with Gasteiger partial charge in [-0.1, -0.05) is 36.4 Å². The van der Waals surface area contributed by atoms with Crippen molar-refractivity contribution in [2.24, 2.45) is 0 Å². The Hall–Kier alpha value is -2.53. The summed E-state index contributed by atoms with van der Waals surface area (Å²) in [6, 6.07) is 15.6. The molecule has 2 aromatic carbocycles. The van der Waals surface area contributed by atoms with Crippen LogP contribution >= 0.6 is 0 Å². The first-order valence-corrected chi connectivity index (χ1v) is 7.50. The van der Waals surface area contributed by atoms with Crippen molar-refractivity contribution in [3.63, 3.8) is 0 Å². The van der Waals surface area contributed by atoms with Crippen LogP contribution in [0.4, 0.5) is 0 Å². The number of esters is 1. The van der Waals surface area contributed by atoms with Crippen LogP contribution < -0.4 is 14.8 Å². The molecule has 120 valence electrons. The first-order valence-electron chi connectivity index (χ1n) is 7.50. The van der Waals surface area contributed by atoms with Gasteiger partial charge in [0.05, 0.1) is 13.5 Å². The van der Waals surface area contributed by atoms with Gasteiger partial charge in [-0.2, -0.15) is 0 Å². The molecule has 1 heterocycles. The summed E-state index contributed by atoms with van der Waals surface area (Å²) in [4.78, 5) is 11.7. The van der Waals surface area contributed by atoms with Gasteiger partial charge in [0.15, 0.2) is 11.5 Å². The fourth-order valence-electron chi connectivity index (χ4n) is 2.54. The molecule has 0 aromatic heterocycles. The molecule has 0 saturated heterocycles. The highest BCUT2D eigenvalue weighted by Gasteiger charge is 2.17. The van der Waals surface area contributed by atoms with Crippen LogP contribution in [0.3, 0.4) is 0 Å². The first-order chi connectivity index (χ1) is 11.3. The average Bonchev–Trinajstić information content (AvgIpc) is 3.06. The summed E-state index contributed by atoms with van der Waals surface area (Å²) in [6.07, 6.45) is 0.283. The van der Waals surface area contributed by atoms with E-state index < -0.39 is 0 Å². The summed E-state index contributed by atoms with van der Waals surface area (Å²) in [5.74, 6) is 1.29. The first kappa shape index (κ1) is 15.4. The lowest BCUT2D eigenvalue weighted by Crippen LogP contribution is -2.24. The number of hydrogen-bond acceptors (Lipinski definition) is 5. The molecule has 0 amide bonds. The van der Waals surface area contributed by atoms with E-state index in [4.69, 9.17) is 14.2 Å². The zero-order chi connectivity index (χ0) is 16.1. The third-order valence-electron chi connectivity index (χ3n) is 3.79. The van der Waals surface area contributed by atoms with E-state index in [1.54, 1.807) is 0 Å². The number of ether oxygens (including phenoxy) is 3. The van der Waals surface area contributed by atoms with Gasteiger partial charge in [-0.05, 0) is 23.3 Å². The molecule has 0 aliphatic carbocycles. The summed E-state index contributed by atoms with van der Waals surface area (Å²) < 4.78 is 15.5. The zero-order valence-corrected chi connectivity index (χ0v) is 13.0. The summed E-state index contributed by atoms with van der Waals surface area (Å²) in [6.45, 7) is 0.883. The van der Waals surface area contributed by atoms with Crippen molar-refractivity contribution < 1.29 is 19.0 Å². The molecule has 1 atom stereocenters. The molecular weight excluding hydrogens is 294 g/mol. The van der Waals surface area contributed by atoms with Crippen molar-refractivity contribution in [2.75, 3.05) is 13.9 Å². The molecule has 5 nitrogen and oxygen atoms in total. The summed E-state index contributed by atoms with van der Waals surface area (Å²) in [5.41, 5.74) is 2.12. The van der Waals surface area contributed by atoms with Crippen molar-refractivity contribution in [3.8, 4) is 11.5 Å². The van der Waals surface area contributed by atoms with Crippen LogP contribution in [0.2, 0.25) is 0 Å². The maximum Gasteiger partial charge on any atom is 0.307 e. The van der Waals surface area contributed by atoms with Crippen LogP contribution in [0, 0.1) is 0 Å². The van der Waals surface area contributed by atoms with Gasteiger partial charge in [0.1, 0.15) is 0 Å². The Morgan fingerprint density at radius 3 is 2.74 bits per heavy atom. The lowest BCUT2D eigenvalue weighted by Gasteiger charge is -2.18. The van der Waals surface area contributed by atoms with Gasteiger partial charge in [-0.25, -0.2) is 0 Å². The lowest BCUT2D eigenvalue weighted by atomic mass is 10.0. The predicted molar refractivity (Wildman–Crippen MR) is 85.2 cm³/mol. The SMILES string of the molecule is COC(=O)CC(NCc1ccc2c(c1)OCO2)c1ccccc1. The van der Waals surface area contributed by atoms with E-state index in [1.807, 2.05) is 48.5 Å². The molecule has 0 fully saturated rings. The molecular formula is C18H19NO4. The Bertz CT molecular complexity index is 672. The van der Waals surface area contributed by atoms with Crippen LogP contribution in [-0.2, 0) is 16.1 Å². The monoisotopic (exact) mass is 313 g/mol. The summed E-state index contributed by atoms with van der Waals surface area (Å²) >= 11 is 0. The van der Waals surface area contributed by atoms with Crippen LogP contribution in [0.5, 0.6) is 11.5 Å². The van der Waals surface area contributed by atoms with Gasteiger partial charge < -0.3 is 19.5 Å². The molecule has 1 N–H and O–H groups in total. The third-order valence-corrected chi connectivity index (χ3v) is 3.79. The van der Waals surface area contributed by atoms with Crippen molar-refractivity contribution in [2.45, 2.75) is 19.0 Å². The Kier molecular flexibility index (Phi) is 4.78. The summed E-state index contributed by atoms with van der Waals surface area (Å²) in [5, 5.41) is 3.41. The Morgan fingerprint density at radius 2 is 1.96 bits per heavy atom. The fraction of sp³-hybridized carbons (Fsp3) is 0.278. The summed E-state index contributed by atoms with van der Waals surface area (Å²) in [7, 11) is 1.40. The number of hydrogen-bond donors (Lipinski definition) is 1. The smallest absolute Gasteiger partial charge is 0.307 e. The fourth-order valence-corrected chi connectivity index (χ4v) is 2.54. The molecule has 3 rings (SSSR count). The maximum absolute atomic E-state index is 11.7. The Labute approximate surface area is 135 Å². The second kappa shape index (κ2) is 7.15. The molecule has 23 heavy (non-hydrogen) atoms. The number of fused-ring (bicyclic) bond motifs is 1. The third kappa shape index (κ3) is 3.81. The second-order valence-electron chi connectivity index (χ2n) is 5.31. The van der Waals surface area contributed by atoms with E-state index in [-0.39, 0.29) is 25.2 Å². The topological polar surface area (TPSA) is 56.8 Å². The Morgan fingerprint density at radius 1 is 1.17 bits per heavy atom. The van der Waals surface area contributed by atoms with Crippen LogP contribution in [-0.4, -0.2) is 19.9 Å². The number of rotatable bonds is 6. The molecule has 0 saturated carbocycles. The van der Waals surface area contributed by atoms with E-state index in [1.165, 1.54) is 7.11 Å². The molecule has 5 heteroatoms. The van der Waals surface area contributed by atoms with E-state index >= 15 is 0 Å². The van der Waals surface area contributed by atoms with Crippen LogP contribution in [0.15, 0.2) is 48.5 Å². The molecule has 2 aromatic rings. The van der Waals surface area contributed by atoms with Crippen molar-refractivity contribution >= 4 is 5.97 Å². The molecule has 0 bridgehead atoms. The maximum atomic E-state index is 11.7. The minimum Gasteiger partial charge on any atom is -0.469 e. The van der Waals surface area contributed by atoms with E-state index in [0.717, 1.165) is 22.6 Å². The minimum atomic E-state index is -0.239. The quantitative estimate of drug-likeness (QED) is 0.831. The van der Waals surface area contributed by atoms with Crippen LogP contribution in [0.1, 0.15) is 23.6 Å². The second-order valence-corrected chi connectivity index (χ2v) is 5.31. The standard InChI is InChI=1S/C18H19NO4/c1-21-18(20)10-15(14-5-3-2-4-6-14)19-11-13-7-8-16-17(9-13)23-12-22-16/h2-9,15,19H,10-12H2,1H3. The molecule has 1 aliphatic heterocycles. The number of carbonyl (C=O) groups is 1. The van der Waals surface area contributed by atoms with Gasteiger partial charge in [-0.3, -0.25) is 4.79 Å². The van der Waals surface area contributed by atoms with Gasteiger partial charge in [0.2, 0.25) is 6.79 Å². The largest absolute Gasteiger partial charge is 0.469 e. The van der Waals surface area contributed by atoms with E-state index in [2.05, 4.69) is 5.32 Å². The van der Waals surface area contributed by atoms with E-state index in [0.29, 0.717) is 6.54 Å². The highest BCUT2D eigenvalue weighted by molar-refractivity contribution is 5.70. The van der Waals surface area contributed by atoms with Gasteiger partial charge in [0, 0.05) is 12.6 Å². The molecule has 0 radical (unpaired) electrons. The predicted octanol–water partition coefficient (Wildman–Crippen LogP) is 2.81. The number of methoxy groups -OCH3 is 1.